The topological polar surface area (TPSA) is 17.1 Å². The summed E-state index contributed by atoms with van der Waals surface area (Å²) in [4.78, 5) is 11.7. The fraction of sp³-hybridized carbons (Fsp3) is 0.500. The van der Waals surface area contributed by atoms with Crippen molar-refractivity contribution in [1.29, 1.82) is 0 Å². The Labute approximate surface area is 95.7 Å². The van der Waals surface area contributed by atoms with Crippen LogP contribution in [0.15, 0.2) is 24.3 Å². The van der Waals surface area contributed by atoms with E-state index in [1.165, 1.54) is 12.1 Å². The summed E-state index contributed by atoms with van der Waals surface area (Å²) in [5, 5.41) is 0. The van der Waals surface area contributed by atoms with Crippen molar-refractivity contribution in [2.24, 2.45) is 11.8 Å². The second kappa shape index (κ2) is 4.77. The van der Waals surface area contributed by atoms with Gasteiger partial charge in [0.15, 0.2) is 0 Å². The molecule has 1 nitrogen and oxygen atoms in total. The molecule has 86 valence electrons. The van der Waals surface area contributed by atoms with Gasteiger partial charge in [-0.05, 0) is 42.9 Å². The van der Waals surface area contributed by atoms with Crippen LogP contribution in [0.5, 0.6) is 0 Å². The molecule has 0 saturated heterocycles. The van der Waals surface area contributed by atoms with E-state index in [-0.39, 0.29) is 11.7 Å². The standard InChI is InChI=1S/C14H17FO/c1-10-5-6-14(16)12(7-10)8-11-3-2-4-13(15)9-11/h2-4,9-10,12H,5-8H2,1H3. The molecule has 1 aromatic carbocycles. The quantitative estimate of drug-likeness (QED) is 0.746. The van der Waals surface area contributed by atoms with Crippen LogP contribution >= 0.6 is 0 Å². The number of hydrogen-bond donors (Lipinski definition) is 0. The average Bonchev–Trinajstić information content (AvgIpc) is 2.24. The average molecular weight is 220 g/mol. The van der Waals surface area contributed by atoms with Gasteiger partial charge in [0.2, 0.25) is 0 Å². The number of halogens is 1. The van der Waals surface area contributed by atoms with Crippen molar-refractivity contribution in [2.45, 2.75) is 32.6 Å². The molecule has 0 aromatic heterocycles. The molecule has 0 radical (unpaired) electrons. The Morgan fingerprint density at radius 3 is 3.00 bits per heavy atom. The van der Waals surface area contributed by atoms with Gasteiger partial charge in [-0.15, -0.1) is 0 Å². The molecule has 1 aliphatic rings. The Kier molecular flexibility index (Phi) is 3.37. The fourth-order valence-corrected chi connectivity index (χ4v) is 2.47. The van der Waals surface area contributed by atoms with Crippen LogP contribution in [0.1, 0.15) is 31.7 Å². The molecule has 0 heterocycles. The van der Waals surface area contributed by atoms with E-state index < -0.39 is 0 Å². The number of rotatable bonds is 2. The zero-order valence-electron chi connectivity index (χ0n) is 9.58. The minimum Gasteiger partial charge on any atom is -0.299 e. The summed E-state index contributed by atoms with van der Waals surface area (Å²) < 4.78 is 13.0. The zero-order chi connectivity index (χ0) is 11.5. The third-order valence-electron chi connectivity index (χ3n) is 3.40. The van der Waals surface area contributed by atoms with Crippen LogP contribution in [0, 0.1) is 17.7 Å². The highest BCUT2D eigenvalue weighted by Crippen LogP contribution is 2.28. The Hall–Kier alpha value is -1.18. The number of hydrogen-bond acceptors (Lipinski definition) is 1. The molecule has 1 aliphatic carbocycles. The number of benzene rings is 1. The summed E-state index contributed by atoms with van der Waals surface area (Å²) in [5.41, 5.74) is 0.937. The first-order valence-electron chi connectivity index (χ1n) is 5.92. The molecular formula is C14H17FO. The molecule has 2 atom stereocenters. The van der Waals surface area contributed by atoms with Crippen LogP contribution in [-0.4, -0.2) is 5.78 Å². The predicted octanol–water partition coefficient (Wildman–Crippen LogP) is 3.37. The lowest BCUT2D eigenvalue weighted by molar-refractivity contribution is -0.125. The summed E-state index contributed by atoms with van der Waals surface area (Å²) in [6.45, 7) is 2.19. The predicted molar refractivity (Wildman–Crippen MR) is 61.6 cm³/mol. The molecule has 0 bridgehead atoms. The monoisotopic (exact) mass is 220 g/mol. The highest BCUT2D eigenvalue weighted by molar-refractivity contribution is 5.82. The van der Waals surface area contributed by atoms with Crippen molar-refractivity contribution < 1.29 is 9.18 Å². The lowest BCUT2D eigenvalue weighted by Crippen LogP contribution is -2.25. The Morgan fingerprint density at radius 2 is 2.25 bits per heavy atom. The number of Topliss-reactive ketones (excluding diaryl/α,β-unsaturated/α-hetero) is 1. The van der Waals surface area contributed by atoms with E-state index in [0.717, 1.165) is 18.4 Å². The van der Waals surface area contributed by atoms with Gasteiger partial charge in [-0.3, -0.25) is 4.79 Å². The van der Waals surface area contributed by atoms with Crippen LogP contribution < -0.4 is 0 Å². The summed E-state index contributed by atoms with van der Waals surface area (Å²) in [6, 6.07) is 6.58. The number of ketones is 1. The minimum atomic E-state index is -0.214. The molecule has 0 amide bonds. The highest BCUT2D eigenvalue weighted by Gasteiger charge is 2.26. The zero-order valence-corrected chi connectivity index (χ0v) is 9.58. The molecule has 2 heteroatoms. The van der Waals surface area contributed by atoms with Crippen LogP contribution in [0.3, 0.4) is 0 Å². The first kappa shape index (κ1) is 11.3. The third kappa shape index (κ3) is 2.69. The van der Waals surface area contributed by atoms with E-state index >= 15 is 0 Å². The maximum absolute atomic E-state index is 13.0. The molecule has 0 N–H and O–H groups in total. The van der Waals surface area contributed by atoms with Crippen molar-refractivity contribution in [3.8, 4) is 0 Å². The molecule has 0 aliphatic heterocycles. The van der Waals surface area contributed by atoms with Crippen molar-refractivity contribution in [2.75, 3.05) is 0 Å². The van der Waals surface area contributed by atoms with E-state index in [1.807, 2.05) is 6.07 Å². The van der Waals surface area contributed by atoms with Gasteiger partial charge in [0.25, 0.3) is 0 Å². The van der Waals surface area contributed by atoms with Crippen molar-refractivity contribution in [3.63, 3.8) is 0 Å². The minimum absolute atomic E-state index is 0.102. The molecule has 1 aromatic rings. The number of carbonyl (C=O) groups is 1. The lowest BCUT2D eigenvalue weighted by atomic mass is 9.78. The summed E-state index contributed by atoms with van der Waals surface area (Å²) >= 11 is 0. The molecule has 1 saturated carbocycles. The van der Waals surface area contributed by atoms with Crippen molar-refractivity contribution >= 4 is 5.78 Å². The second-order valence-corrected chi connectivity index (χ2v) is 4.88. The van der Waals surface area contributed by atoms with Gasteiger partial charge in [-0.25, -0.2) is 4.39 Å². The normalized spacial score (nSPS) is 25.8. The molecule has 1 fully saturated rings. The first-order chi connectivity index (χ1) is 7.65. The van der Waals surface area contributed by atoms with Gasteiger partial charge < -0.3 is 0 Å². The van der Waals surface area contributed by atoms with E-state index in [0.29, 0.717) is 24.5 Å². The van der Waals surface area contributed by atoms with Gasteiger partial charge in [-0.1, -0.05) is 19.1 Å². The van der Waals surface area contributed by atoms with Crippen LogP contribution in [0.25, 0.3) is 0 Å². The maximum Gasteiger partial charge on any atom is 0.136 e. The largest absolute Gasteiger partial charge is 0.299 e. The molecule has 2 unspecified atom stereocenters. The molecule has 2 rings (SSSR count). The lowest BCUT2D eigenvalue weighted by Gasteiger charge is -2.25. The summed E-state index contributed by atoms with van der Waals surface area (Å²) in [6.07, 6.45) is 3.36. The van der Waals surface area contributed by atoms with E-state index in [1.54, 1.807) is 6.07 Å². The number of carbonyl (C=O) groups excluding carboxylic acids is 1. The Balaban J connectivity index is 2.05. The second-order valence-electron chi connectivity index (χ2n) is 4.88. The van der Waals surface area contributed by atoms with Crippen molar-refractivity contribution in [1.82, 2.24) is 0 Å². The van der Waals surface area contributed by atoms with Crippen LogP contribution in [-0.2, 0) is 11.2 Å². The van der Waals surface area contributed by atoms with Gasteiger partial charge in [0, 0.05) is 12.3 Å². The molecular weight excluding hydrogens is 203 g/mol. The summed E-state index contributed by atoms with van der Waals surface area (Å²) in [7, 11) is 0. The SMILES string of the molecule is CC1CCC(=O)C(Cc2cccc(F)c2)C1. The van der Waals surface area contributed by atoms with Gasteiger partial charge in [-0.2, -0.15) is 0 Å². The highest BCUT2D eigenvalue weighted by atomic mass is 19.1. The van der Waals surface area contributed by atoms with E-state index in [4.69, 9.17) is 0 Å². The van der Waals surface area contributed by atoms with Crippen molar-refractivity contribution in [3.05, 3.63) is 35.6 Å². The van der Waals surface area contributed by atoms with E-state index in [2.05, 4.69) is 6.92 Å². The Bertz CT molecular complexity index is 386. The fourth-order valence-electron chi connectivity index (χ4n) is 2.47. The first-order valence-corrected chi connectivity index (χ1v) is 5.92. The maximum atomic E-state index is 13.0. The molecule has 16 heavy (non-hydrogen) atoms. The van der Waals surface area contributed by atoms with Crippen LogP contribution in [0.4, 0.5) is 4.39 Å². The smallest absolute Gasteiger partial charge is 0.136 e. The Morgan fingerprint density at radius 1 is 1.44 bits per heavy atom. The van der Waals surface area contributed by atoms with Gasteiger partial charge in [0.05, 0.1) is 0 Å². The summed E-state index contributed by atoms with van der Waals surface area (Å²) in [5.74, 6) is 0.859. The van der Waals surface area contributed by atoms with Gasteiger partial charge >= 0.3 is 0 Å². The molecule has 0 spiro atoms. The van der Waals surface area contributed by atoms with Gasteiger partial charge in [0.1, 0.15) is 11.6 Å². The third-order valence-corrected chi connectivity index (χ3v) is 3.40. The van der Waals surface area contributed by atoms with E-state index in [9.17, 15) is 9.18 Å². The van der Waals surface area contributed by atoms with Crippen LogP contribution in [0.2, 0.25) is 0 Å².